The Balaban J connectivity index is 2.28. The maximum absolute atomic E-state index is 12.6. The van der Waals surface area contributed by atoms with Crippen molar-refractivity contribution in [2.45, 2.75) is 31.1 Å². The number of carboxylic acids is 1. The molecule has 1 aliphatic heterocycles. The molecule has 0 atom stereocenters. The van der Waals surface area contributed by atoms with Gasteiger partial charge in [-0.15, -0.1) is 0 Å². The molecule has 2 rings (SSSR count). The number of rotatable bonds is 5. The first-order valence-corrected chi connectivity index (χ1v) is 8.87. The number of carboxylic acid groups (broad SMARTS) is 1. The van der Waals surface area contributed by atoms with E-state index in [9.17, 15) is 18.0 Å². The van der Waals surface area contributed by atoms with E-state index in [1.807, 2.05) is 0 Å². The first-order valence-electron chi connectivity index (χ1n) is 7.43. The summed E-state index contributed by atoms with van der Waals surface area (Å²) in [5.41, 5.74) is 0.759. The topological polar surface area (TPSA) is 104 Å². The molecular formula is C15H20N2O5S. The number of carbonyl (C=O) groups excluding carboxylic acids is 1. The van der Waals surface area contributed by atoms with Gasteiger partial charge in [0.15, 0.2) is 0 Å². The molecule has 7 nitrogen and oxygen atoms in total. The molecule has 2 N–H and O–H groups in total. The summed E-state index contributed by atoms with van der Waals surface area (Å²) in [6.45, 7) is 2.13. The smallest absolute Gasteiger partial charge is 0.322 e. The number of hydrogen-bond acceptors (Lipinski definition) is 4. The highest BCUT2D eigenvalue weighted by molar-refractivity contribution is 7.89. The van der Waals surface area contributed by atoms with Crippen molar-refractivity contribution in [1.82, 2.24) is 9.62 Å². The fraction of sp³-hybridized carbons (Fsp3) is 0.467. The Kier molecular flexibility index (Phi) is 5.38. The first-order chi connectivity index (χ1) is 10.8. The van der Waals surface area contributed by atoms with Gasteiger partial charge < -0.3 is 10.4 Å². The molecule has 0 spiro atoms. The normalized spacial score (nSPS) is 16.0. The molecule has 0 aromatic heterocycles. The van der Waals surface area contributed by atoms with E-state index < -0.39 is 28.4 Å². The molecule has 0 radical (unpaired) electrons. The predicted octanol–water partition coefficient (Wildman–Crippen LogP) is 0.984. The lowest BCUT2D eigenvalue weighted by molar-refractivity contribution is -0.135. The number of aryl methyl sites for hydroxylation is 1. The van der Waals surface area contributed by atoms with E-state index in [2.05, 4.69) is 5.32 Å². The van der Waals surface area contributed by atoms with Gasteiger partial charge in [-0.05, 0) is 37.5 Å². The van der Waals surface area contributed by atoms with Crippen molar-refractivity contribution in [1.29, 1.82) is 0 Å². The molecule has 1 aliphatic rings. The van der Waals surface area contributed by atoms with E-state index in [-0.39, 0.29) is 10.5 Å². The van der Waals surface area contributed by atoms with Crippen LogP contribution in [0.3, 0.4) is 0 Å². The maximum Gasteiger partial charge on any atom is 0.322 e. The predicted molar refractivity (Wildman–Crippen MR) is 83.8 cm³/mol. The monoisotopic (exact) mass is 340 g/mol. The fourth-order valence-electron chi connectivity index (χ4n) is 2.51. The van der Waals surface area contributed by atoms with Crippen molar-refractivity contribution in [3.8, 4) is 0 Å². The van der Waals surface area contributed by atoms with Crippen LogP contribution in [0.15, 0.2) is 23.1 Å². The van der Waals surface area contributed by atoms with Crippen LogP contribution in [0.25, 0.3) is 0 Å². The van der Waals surface area contributed by atoms with E-state index >= 15 is 0 Å². The van der Waals surface area contributed by atoms with Gasteiger partial charge in [-0.2, -0.15) is 4.31 Å². The van der Waals surface area contributed by atoms with Gasteiger partial charge in [-0.3, -0.25) is 9.59 Å². The minimum Gasteiger partial charge on any atom is -0.480 e. The Morgan fingerprint density at radius 1 is 1.22 bits per heavy atom. The first kappa shape index (κ1) is 17.4. The number of piperidine rings is 1. The second-order valence-electron chi connectivity index (χ2n) is 5.52. The van der Waals surface area contributed by atoms with E-state index in [0.717, 1.165) is 19.3 Å². The summed E-state index contributed by atoms with van der Waals surface area (Å²) in [6.07, 6.45) is 2.68. The third-order valence-corrected chi connectivity index (χ3v) is 5.70. The molecule has 1 fully saturated rings. The summed E-state index contributed by atoms with van der Waals surface area (Å²) in [7, 11) is -3.63. The lowest BCUT2D eigenvalue weighted by atomic mass is 10.1. The number of nitrogens with zero attached hydrogens (tertiary/aromatic N) is 1. The Morgan fingerprint density at radius 3 is 2.48 bits per heavy atom. The highest BCUT2D eigenvalue weighted by Gasteiger charge is 2.27. The maximum atomic E-state index is 12.6. The van der Waals surface area contributed by atoms with Crippen molar-refractivity contribution >= 4 is 21.9 Å². The number of sulfonamides is 1. The Bertz CT molecular complexity index is 709. The summed E-state index contributed by atoms with van der Waals surface area (Å²) >= 11 is 0. The molecule has 1 aromatic carbocycles. The molecule has 0 aliphatic carbocycles. The molecule has 0 unspecified atom stereocenters. The largest absolute Gasteiger partial charge is 0.480 e. The fourth-order valence-corrected chi connectivity index (χ4v) is 4.06. The second kappa shape index (κ2) is 7.10. The third kappa shape index (κ3) is 4.08. The SMILES string of the molecule is Cc1ccc(S(=O)(=O)N2CCCCC2)cc1C(=O)NCC(=O)O. The lowest BCUT2D eigenvalue weighted by Crippen LogP contribution is -2.36. The van der Waals surface area contributed by atoms with Gasteiger partial charge in [0.05, 0.1) is 4.90 Å². The quantitative estimate of drug-likeness (QED) is 0.832. The van der Waals surface area contributed by atoms with Gasteiger partial charge in [0.1, 0.15) is 6.54 Å². The minimum atomic E-state index is -3.63. The number of hydrogen-bond donors (Lipinski definition) is 2. The Morgan fingerprint density at radius 2 is 1.87 bits per heavy atom. The number of benzene rings is 1. The lowest BCUT2D eigenvalue weighted by Gasteiger charge is -2.26. The zero-order chi connectivity index (χ0) is 17.0. The average Bonchev–Trinajstić information content (AvgIpc) is 2.53. The van der Waals surface area contributed by atoms with Crippen LogP contribution in [0.2, 0.25) is 0 Å². The third-order valence-electron chi connectivity index (χ3n) is 3.81. The van der Waals surface area contributed by atoms with Crippen LogP contribution in [0.4, 0.5) is 0 Å². The van der Waals surface area contributed by atoms with E-state index in [4.69, 9.17) is 5.11 Å². The molecule has 8 heteroatoms. The summed E-state index contributed by atoms with van der Waals surface area (Å²) in [5.74, 6) is -1.76. The molecule has 1 heterocycles. The molecule has 23 heavy (non-hydrogen) atoms. The van der Waals surface area contributed by atoms with Crippen molar-refractivity contribution in [3.05, 3.63) is 29.3 Å². The van der Waals surface area contributed by atoms with Crippen LogP contribution in [-0.4, -0.2) is 49.3 Å². The summed E-state index contributed by atoms with van der Waals surface area (Å²) in [6, 6.07) is 4.36. The number of amides is 1. The van der Waals surface area contributed by atoms with Gasteiger partial charge in [0.2, 0.25) is 10.0 Å². The number of aliphatic carboxylic acids is 1. The van der Waals surface area contributed by atoms with Crippen LogP contribution < -0.4 is 5.32 Å². The molecule has 126 valence electrons. The zero-order valence-corrected chi connectivity index (χ0v) is 13.7. The van der Waals surface area contributed by atoms with Gasteiger partial charge in [0.25, 0.3) is 5.91 Å². The Hall–Kier alpha value is -1.93. The zero-order valence-electron chi connectivity index (χ0n) is 12.9. The van der Waals surface area contributed by atoms with Gasteiger partial charge in [-0.1, -0.05) is 12.5 Å². The van der Waals surface area contributed by atoms with Crippen molar-refractivity contribution in [3.63, 3.8) is 0 Å². The minimum absolute atomic E-state index is 0.0606. The van der Waals surface area contributed by atoms with Crippen LogP contribution in [0.5, 0.6) is 0 Å². The summed E-state index contributed by atoms with van der Waals surface area (Å²) in [5, 5.41) is 10.9. The van der Waals surface area contributed by atoms with Crippen LogP contribution in [0.1, 0.15) is 35.2 Å². The van der Waals surface area contributed by atoms with Crippen LogP contribution in [-0.2, 0) is 14.8 Å². The number of nitrogens with one attached hydrogen (secondary N) is 1. The van der Waals surface area contributed by atoms with Gasteiger partial charge in [0, 0.05) is 18.7 Å². The molecule has 1 amide bonds. The highest BCUT2D eigenvalue weighted by atomic mass is 32.2. The van der Waals surface area contributed by atoms with Crippen molar-refractivity contribution < 1.29 is 23.1 Å². The Labute approximate surface area is 135 Å². The van der Waals surface area contributed by atoms with Crippen molar-refractivity contribution in [2.75, 3.05) is 19.6 Å². The molecule has 0 saturated carbocycles. The highest BCUT2D eigenvalue weighted by Crippen LogP contribution is 2.22. The van der Waals surface area contributed by atoms with E-state index in [1.165, 1.54) is 16.4 Å². The van der Waals surface area contributed by atoms with Gasteiger partial charge in [-0.25, -0.2) is 8.42 Å². The van der Waals surface area contributed by atoms with Crippen LogP contribution in [0, 0.1) is 6.92 Å². The summed E-state index contributed by atoms with van der Waals surface area (Å²) in [4.78, 5) is 22.6. The molecule has 1 saturated heterocycles. The van der Waals surface area contributed by atoms with E-state index in [1.54, 1.807) is 13.0 Å². The summed E-state index contributed by atoms with van der Waals surface area (Å²) < 4.78 is 26.7. The van der Waals surface area contributed by atoms with E-state index in [0.29, 0.717) is 18.7 Å². The average molecular weight is 340 g/mol. The van der Waals surface area contributed by atoms with Crippen molar-refractivity contribution in [2.24, 2.45) is 0 Å². The second-order valence-corrected chi connectivity index (χ2v) is 7.46. The molecule has 1 aromatic rings. The van der Waals surface area contributed by atoms with Gasteiger partial charge >= 0.3 is 5.97 Å². The molecular weight excluding hydrogens is 320 g/mol. The standard InChI is InChI=1S/C15H20N2O5S/c1-11-5-6-12(9-13(11)15(20)16-10-14(18)19)23(21,22)17-7-3-2-4-8-17/h5-6,9H,2-4,7-8,10H2,1H3,(H,16,20)(H,18,19). The van der Waals surface area contributed by atoms with Crippen LogP contribution >= 0.6 is 0 Å². The number of carbonyl (C=O) groups is 2. The molecule has 0 bridgehead atoms.